The van der Waals surface area contributed by atoms with Crippen LogP contribution in [0.1, 0.15) is 17.4 Å². The number of fused-ring (bicyclic) bond motifs is 1. The Hall–Kier alpha value is -2.42. The van der Waals surface area contributed by atoms with Crippen molar-refractivity contribution >= 4 is 34.4 Å². The minimum absolute atomic E-state index is 0.0201. The Balaban J connectivity index is 1.81. The molecule has 0 bridgehead atoms. The molecule has 7 nitrogen and oxygen atoms in total. The number of aromatic amines is 1. The normalized spacial score (nSPS) is 23.2. The SMILES string of the molecule is CC1COC(c2ccc3nc(N(C)C(=O)O)[nH]c3c2)(c2cccs2)O1. The average molecular weight is 359 g/mol. The molecule has 1 saturated heterocycles. The third-order valence-electron chi connectivity index (χ3n) is 4.19. The van der Waals surface area contributed by atoms with Crippen molar-refractivity contribution in [2.75, 3.05) is 18.6 Å². The van der Waals surface area contributed by atoms with Crippen LogP contribution in [0.4, 0.5) is 10.7 Å². The quantitative estimate of drug-likeness (QED) is 0.748. The number of imidazole rings is 1. The van der Waals surface area contributed by atoms with E-state index in [9.17, 15) is 4.79 Å². The standard InChI is InChI=1S/C17H17N3O4S/c1-10-9-23-17(24-10,14-4-3-7-25-14)11-5-6-12-13(8-11)19-15(18-12)20(2)16(21)22/h3-8,10H,9H2,1-2H3,(H,18,19)(H,21,22). The number of carbonyl (C=O) groups is 1. The van der Waals surface area contributed by atoms with Gasteiger partial charge in [-0.1, -0.05) is 12.1 Å². The van der Waals surface area contributed by atoms with Crippen molar-refractivity contribution in [3.63, 3.8) is 0 Å². The Morgan fingerprint density at radius 3 is 2.96 bits per heavy atom. The third kappa shape index (κ3) is 2.58. The first kappa shape index (κ1) is 16.1. The Morgan fingerprint density at radius 1 is 1.48 bits per heavy atom. The van der Waals surface area contributed by atoms with Crippen molar-refractivity contribution in [1.82, 2.24) is 9.97 Å². The van der Waals surface area contributed by atoms with E-state index in [0.717, 1.165) is 20.9 Å². The zero-order chi connectivity index (χ0) is 17.6. The number of hydrogen-bond donors (Lipinski definition) is 2. The van der Waals surface area contributed by atoms with Crippen LogP contribution in [0, 0.1) is 0 Å². The van der Waals surface area contributed by atoms with E-state index in [1.165, 1.54) is 7.05 Å². The first-order valence-electron chi connectivity index (χ1n) is 7.82. The van der Waals surface area contributed by atoms with Crippen molar-refractivity contribution in [1.29, 1.82) is 0 Å². The molecule has 3 heterocycles. The summed E-state index contributed by atoms with van der Waals surface area (Å²) in [6, 6.07) is 9.60. The van der Waals surface area contributed by atoms with Crippen LogP contribution in [0.3, 0.4) is 0 Å². The summed E-state index contributed by atoms with van der Waals surface area (Å²) in [6.45, 7) is 2.48. The van der Waals surface area contributed by atoms with E-state index in [-0.39, 0.29) is 12.1 Å². The Kier molecular flexibility index (Phi) is 3.75. The zero-order valence-corrected chi connectivity index (χ0v) is 14.5. The molecule has 2 aromatic heterocycles. The molecule has 4 rings (SSSR count). The molecule has 0 aliphatic carbocycles. The number of thiophene rings is 1. The van der Waals surface area contributed by atoms with Crippen LogP contribution in [0.15, 0.2) is 35.7 Å². The monoisotopic (exact) mass is 359 g/mol. The van der Waals surface area contributed by atoms with Gasteiger partial charge in [0.2, 0.25) is 11.7 Å². The molecule has 0 radical (unpaired) electrons. The van der Waals surface area contributed by atoms with Crippen LogP contribution >= 0.6 is 11.3 Å². The molecule has 1 amide bonds. The minimum atomic E-state index is -1.08. The summed E-state index contributed by atoms with van der Waals surface area (Å²) in [4.78, 5) is 20.5. The second-order valence-corrected chi connectivity index (χ2v) is 6.91. The van der Waals surface area contributed by atoms with E-state index >= 15 is 0 Å². The number of aromatic nitrogens is 2. The molecule has 130 valence electrons. The highest BCUT2D eigenvalue weighted by Crippen LogP contribution is 2.43. The molecule has 0 saturated carbocycles. The molecule has 8 heteroatoms. The van der Waals surface area contributed by atoms with E-state index in [0.29, 0.717) is 12.1 Å². The fourth-order valence-electron chi connectivity index (χ4n) is 2.93. The topological polar surface area (TPSA) is 87.7 Å². The molecule has 1 aliphatic heterocycles. The summed E-state index contributed by atoms with van der Waals surface area (Å²) in [5.41, 5.74) is 2.25. The Labute approximate surface area is 147 Å². The first-order chi connectivity index (χ1) is 12.0. The molecule has 2 unspecified atom stereocenters. The second-order valence-electron chi connectivity index (χ2n) is 5.97. The van der Waals surface area contributed by atoms with Crippen molar-refractivity contribution < 1.29 is 19.4 Å². The molecule has 25 heavy (non-hydrogen) atoms. The maximum absolute atomic E-state index is 11.1. The van der Waals surface area contributed by atoms with Gasteiger partial charge < -0.3 is 19.6 Å². The third-order valence-corrected chi connectivity index (χ3v) is 5.14. The van der Waals surface area contributed by atoms with Gasteiger partial charge in [0.25, 0.3) is 0 Å². The molecule has 1 fully saturated rings. The summed E-state index contributed by atoms with van der Waals surface area (Å²) < 4.78 is 12.2. The first-order valence-corrected chi connectivity index (χ1v) is 8.70. The van der Waals surface area contributed by atoms with Gasteiger partial charge in [0, 0.05) is 12.6 Å². The summed E-state index contributed by atoms with van der Waals surface area (Å²) in [6.07, 6.45) is -1.10. The number of hydrogen-bond acceptors (Lipinski definition) is 5. The molecular weight excluding hydrogens is 342 g/mol. The van der Waals surface area contributed by atoms with Crippen LogP contribution in [-0.4, -0.2) is 40.9 Å². The lowest BCUT2D eigenvalue weighted by molar-refractivity contribution is -0.137. The maximum Gasteiger partial charge on any atom is 0.413 e. The van der Waals surface area contributed by atoms with E-state index < -0.39 is 11.9 Å². The van der Waals surface area contributed by atoms with Gasteiger partial charge >= 0.3 is 6.09 Å². The van der Waals surface area contributed by atoms with Crippen LogP contribution < -0.4 is 4.90 Å². The largest absolute Gasteiger partial charge is 0.465 e. The molecule has 0 spiro atoms. The number of ether oxygens (including phenoxy) is 2. The number of benzene rings is 1. The maximum atomic E-state index is 11.1. The van der Waals surface area contributed by atoms with Crippen molar-refractivity contribution in [3.05, 3.63) is 46.2 Å². The van der Waals surface area contributed by atoms with Gasteiger partial charge in [-0.05, 0) is 30.5 Å². The number of anilines is 1. The molecule has 2 N–H and O–H groups in total. The Bertz CT molecular complexity index is 923. The number of nitrogens with one attached hydrogen (secondary N) is 1. The van der Waals surface area contributed by atoms with E-state index in [1.807, 2.05) is 42.6 Å². The number of amides is 1. The van der Waals surface area contributed by atoms with Crippen molar-refractivity contribution in [2.45, 2.75) is 18.8 Å². The number of nitrogens with zero attached hydrogens (tertiary/aromatic N) is 2. The van der Waals surface area contributed by atoms with Crippen molar-refractivity contribution in [2.24, 2.45) is 0 Å². The average Bonchev–Trinajstić information content (AvgIpc) is 3.32. The van der Waals surface area contributed by atoms with Crippen molar-refractivity contribution in [3.8, 4) is 0 Å². The highest BCUT2D eigenvalue weighted by atomic mass is 32.1. The fourth-order valence-corrected chi connectivity index (χ4v) is 3.77. The predicted molar refractivity (Wildman–Crippen MR) is 94.1 cm³/mol. The molecule has 3 aromatic rings. The van der Waals surface area contributed by atoms with E-state index in [2.05, 4.69) is 9.97 Å². The molecule has 1 aromatic carbocycles. The fraction of sp³-hybridized carbons (Fsp3) is 0.294. The summed E-state index contributed by atoms with van der Waals surface area (Å²) >= 11 is 1.57. The van der Waals surface area contributed by atoms with Gasteiger partial charge in [0.1, 0.15) is 0 Å². The summed E-state index contributed by atoms with van der Waals surface area (Å²) in [5, 5.41) is 11.1. The lowest BCUT2D eigenvalue weighted by Crippen LogP contribution is -2.28. The number of rotatable bonds is 3. The lowest BCUT2D eigenvalue weighted by atomic mass is 10.0. The predicted octanol–water partition coefficient (Wildman–Crippen LogP) is 3.38. The van der Waals surface area contributed by atoms with Gasteiger partial charge in [0.15, 0.2) is 0 Å². The van der Waals surface area contributed by atoms with Gasteiger partial charge in [-0.15, -0.1) is 11.3 Å². The highest BCUT2D eigenvalue weighted by molar-refractivity contribution is 7.10. The lowest BCUT2D eigenvalue weighted by Gasteiger charge is -2.27. The molecule has 2 atom stereocenters. The van der Waals surface area contributed by atoms with Gasteiger partial charge in [-0.3, -0.25) is 4.90 Å². The minimum Gasteiger partial charge on any atom is -0.465 e. The van der Waals surface area contributed by atoms with Gasteiger partial charge in [0.05, 0.1) is 28.6 Å². The zero-order valence-electron chi connectivity index (χ0n) is 13.7. The highest BCUT2D eigenvalue weighted by Gasteiger charge is 2.44. The molecular formula is C17H17N3O4S. The van der Waals surface area contributed by atoms with Crippen LogP contribution in [0.2, 0.25) is 0 Å². The van der Waals surface area contributed by atoms with Gasteiger partial charge in [-0.25, -0.2) is 9.78 Å². The summed E-state index contributed by atoms with van der Waals surface area (Å²) in [5.74, 6) is -0.669. The molecule has 1 aliphatic rings. The summed E-state index contributed by atoms with van der Waals surface area (Å²) in [7, 11) is 1.44. The van der Waals surface area contributed by atoms with E-state index in [4.69, 9.17) is 14.6 Å². The second kappa shape index (κ2) is 5.83. The number of carboxylic acid groups (broad SMARTS) is 1. The smallest absolute Gasteiger partial charge is 0.413 e. The van der Waals surface area contributed by atoms with E-state index in [1.54, 1.807) is 11.3 Å². The van der Waals surface area contributed by atoms with Crippen LogP contribution in [-0.2, 0) is 15.3 Å². The van der Waals surface area contributed by atoms with Crippen LogP contribution in [0.25, 0.3) is 11.0 Å². The number of H-pyrrole nitrogens is 1. The Morgan fingerprint density at radius 2 is 2.32 bits per heavy atom. The van der Waals surface area contributed by atoms with Crippen LogP contribution in [0.5, 0.6) is 0 Å². The van der Waals surface area contributed by atoms with Gasteiger partial charge in [-0.2, -0.15) is 0 Å².